The molecular formula is C28H52N4O. The van der Waals surface area contributed by atoms with Gasteiger partial charge in [0.1, 0.15) is 0 Å². The van der Waals surface area contributed by atoms with Crippen LogP contribution in [0.4, 0.5) is 0 Å². The average molecular weight is 461 g/mol. The highest BCUT2D eigenvalue weighted by Crippen LogP contribution is 2.30. The zero-order chi connectivity index (χ0) is 24.1. The molecule has 0 aromatic carbocycles. The molecule has 5 heteroatoms. The maximum Gasteiger partial charge on any atom is 0.217 e. The minimum absolute atomic E-state index is 0.118. The first-order chi connectivity index (χ1) is 16.0. The third-order valence-electron chi connectivity index (χ3n) is 7.72. The molecule has 190 valence electrons. The number of carbonyl (C=O) groups is 1. The fourth-order valence-corrected chi connectivity index (χ4v) is 5.53. The van der Waals surface area contributed by atoms with E-state index in [1.807, 2.05) is 7.05 Å². The van der Waals surface area contributed by atoms with E-state index >= 15 is 0 Å². The highest BCUT2D eigenvalue weighted by atomic mass is 16.1. The van der Waals surface area contributed by atoms with Crippen LogP contribution in [0.3, 0.4) is 0 Å². The van der Waals surface area contributed by atoms with E-state index in [0.29, 0.717) is 17.9 Å². The molecule has 1 amide bonds. The fourth-order valence-electron chi connectivity index (χ4n) is 5.53. The Morgan fingerprint density at radius 2 is 1.82 bits per heavy atom. The minimum Gasteiger partial charge on any atom is -0.352 e. The van der Waals surface area contributed by atoms with Gasteiger partial charge in [-0.15, -0.1) is 0 Å². The average Bonchev–Trinajstić information content (AvgIpc) is 3.25. The van der Waals surface area contributed by atoms with Crippen molar-refractivity contribution >= 4 is 5.91 Å². The van der Waals surface area contributed by atoms with Gasteiger partial charge in [-0.05, 0) is 70.1 Å². The van der Waals surface area contributed by atoms with Gasteiger partial charge in [0.2, 0.25) is 5.91 Å². The van der Waals surface area contributed by atoms with E-state index in [1.165, 1.54) is 71.1 Å². The Balaban J connectivity index is 0.000000890. The Morgan fingerprint density at radius 3 is 2.48 bits per heavy atom. The number of amides is 1. The number of fused-ring (bicyclic) bond motifs is 1. The summed E-state index contributed by atoms with van der Waals surface area (Å²) in [5.41, 5.74) is 0. The van der Waals surface area contributed by atoms with Crippen molar-refractivity contribution in [2.45, 2.75) is 84.7 Å². The molecular weight excluding hydrogens is 408 g/mol. The van der Waals surface area contributed by atoms with Crippen molar-refractivity contribution in [2.75, 3.05) is 46.3 Å². The van der Waals surface area contributed by atoms with Crippen LogP contribution in [0.25, 0.3) is 0 Å². The molecule has 5 unspecified atom stereocenters. The monoisotopic (exact) mass is 460 g/mol. The molecule has 0 spiro atoms. The van der Waals surface area contributed by atoms with Gasteiger partial charge >= 0.3 is 0 Å². The molecule has 33 heavy (non-hydrogen) atoms. The highest BCUT2D eigenvalue weighted by molar-refractivity contribution is 5.73. The van der Waals surface area contributed by atoms with E-state index in [-0.39, 0.29) is 11.9 Å². The third-order valence-corrected chi connectivity index (χ3v) is 7.72. The minimum atomic E-state index is 0.118. The second-order valence-corrected chi connectivity index (χ2v) is 10.4. The largest absolute Gasteiger partial charge is 0.352 e. The van der Waals surface area contributed by atoms with Crippen molar-refractivity contribution in [2.24, 2.45) is 17.8 Å². The Morgan fingerprint density at radius 1 is 1.09 bits per heavy atom. The molecule has 2 saturated heterocycles. The molecule has 3 aliphatic rings. The Labute approximate surface area is 204 Å². The van der Waals surface area contributed by atoms with E-state index in [9.17, 15) is 4.79 Å². The molecule has 2 aliphatic heterocycles. The number of likely N-dealkylation sites (tertiary alicyclic amines) is 2. The van der Waals surface area contributed by atoms with Gasteiger partial charge < -0.3 is 15.5 Å². The van der Waals surface area contributed by atoms with Crippen LogP contribution in [-0.4, -0.2) is 74.1 Å². The summed E-state index contributed by atoms with van der Waals surface area (Å²) in [4.78, 5) is 17.2. The Hall–Kier alpha value is -1.17. The van der Waals surface area contributed by atoms with E-state index in [0.717, 1.165) is 19.0 Å². The van der Waals surface area contributed by atoms with Crippen molar-refractivity contribution in [3.63, 3.8) is 0 Å². The van der Waals surface area contributed by atoms with Crippen LogP contribution >= 0.6 is 0 Å². The van der Waals surface area contributed by atoms with Gasteiger partial charge in [-0.2, -0.15) is 0 Å². The molecule has 0 aromatic heterocycles. The zero-order valence-electron chi connectivity index (χ0n) is 22.2. The Kier molecular flexibility index (Phi) is 13.3. The lowest BCUT2D eigenvalue weighted by atomic mass is 9.82. The number of piperidine rings is 1. The van der Waals surface area contributed by atoms with Gasteiger partial charge in [-0.25, -0.2) is 0 Å². The maximum absolute atomic E-state index is 11.8. The van der Waals surface area contributed by atoms with Gasteiger partial charge in [-0.1, -0.05) is 64.3 Å². The number of carbonyl (C=O) groups excluding carboxylic acids is 1. The van der Waals surface area contributed by atoms with Gasteiger partial charge in [0.25, 0.3) is 0 Å². The van der Waals surface area contributed by atoms with Crippen molar-refractivity contribution in [3.05, 3.63) is 24.3 Å². The summed E-state index contributed by atoms with van der Waals surface area (Å²) in [6.07, 6.45) is 18.2. The predicted octanol–water partition coefficient (Wildman–Crippen LogP) is 4.46. The lowest BCUT2D eigenvalue weighted by molar-refractivity contribution is -0.120. The second kappa shape index (κ2) is 15.7. The van der Waals surface area contributed by atoms with Crippen molar-refractivity contribution in [3.8, 4) is 0 Å². The molecule has 2 N–H and O–H groups in total. The van der Waals surface area contributed by atoms with Gasteiger partial charge in [0, 0.05) is 38.6 Å². The number of nitrogens with zero attached hydrogens (tertiary/aromatic N) is 2. The number of rotatable bonds is 11. The summed E-state index contributed by atoms with van der Waals surface area (Å²) in [6, 6.07) is 0.927. The number of hydrogen-bond acceptors (Lipinski definition) is 4. The molecule has 0 saturated carbocycles. The molecule has 1 aliphatic carbocycles. The second-order valence-electron chi connectivity index (χ2n) is 10.4. The van der Waals surface area contributed by atoms with Gasteiger partial charge in [0.05, 0.1) is 0 Å². The predicted molar refractivity (Wildman–Crippen MR) is 141 cm³/mol. The van der Waals surface area contributed by atoms with Crippen LogP contribution < -0.4 is 10.6 Å². The summed E-state index contributed by atoms with van der Waals surface area (Å²) >= 11 is 0. The van der Waals surface area contributed by atoms with E-state index in [1.54, 1.807) is 6.92 Å². The summed E-state index contributed by atoms with van der Waals surface area (Å²) in [5, 5.41) is 6.21. The molecule has 0 bridgehead atoms. The van der Waals surface area contributed by atoms with Crippen molar-refractivity contribution in [1.29, 1.82) is 0 Å². The maximum atomic E-state index is 11.8. The summed E-state index contributed by atoms with van der Waals surface area (Å²) in [6.45, 7) is 15.2. The topological polar surface area (TPSA) is 47.6 Å². The van der Waals surface area contributed by atoms with E-state index in [2.05, 4.69) is 65.5 Å². The number of nitrogens with one attached hydrogen (secondary N) is 2. The zero-order valence-corrected chi connectivity index (χ0v) is 22.2. The normalized spacial score (nSPS) is 26.9. The molecule has 5 nitrogen and oxygen atoms in total. The molecule has 0 aromatic rings. The smallest absolute Gasteiger partial charge is 0.217 e. The number of hydrogen-bond donors (Lipinski definition) is 2. The molecule has 3 rings (SSSR count). The molecule has 5 atom stereocenters. The first-order valence-corrected chi connectivity index (χ1v) is 13.7. The first kappa shape index (κ1) is 28.1. The summed E-state index contributed by atoms with van der Waals surface area (Å²) in [7, 11) is 1.93. The van der Waals surface area contributed by atoms with Gasteiger partial charge in [0.15, 0.2) is 0 Å². The third kappa shape index (κ3) is 9.92. The summed E-state index contributed by atoms with van der Waals surface area (Å²) < 4.78 is 0. The SMILES string of the molecule is CCCCCC(C)C(CN1CCCC1CN1CCC2C=CC=CC2C1)NC(C)=O.CCNC. The van der Waals surface area contributed by atoms with Crippen molar-refractivity contribution in [1.82, 2.24) is 20.4 Å². The number of unbranched alkanes of at least 4 members (excludes halogenated alkanes) is 2. The lowest BCUT2D eigenvalue weighted by Crippen LogP contribution is -2.51. The van der Waals surface area contributed by atoms with Crippen LogP contribution in [0.5, 0.6) is 0 Å². The summed E-state index contributed by atoms with van der Waals surface area (Å²) in [5.74, 6) is 2.12. The van der Waals surface area contributed by atoms with Crippen LogP contribution in [0.15, 0.2) is 24.3 Å². The van der Waals surface area contributed by atoms with Gasteiger partial charge in [-0.3, -0.25) is 9.69 Å². The van der Waals surface area contributed by atoms with Crippen LogP contribution in [0, 0.1) is 17.8 Å². The highest BCUT2D eigenvalue weighted by Gasteiger charge is 2.33. The van der Waals surface area contributed by atoms with Crippen molar-refractivity contribution < 1.29 is 4.79 Å². The lowest BCUT2D eigenvalue weighted by Gasteiger charge is -2.40. The van der Waals surface area contributed by atoms with E-state index in [4.69, 9.17) is 0 Å². The fraction of sp³-hybridized carbons (Fsp3) is 0.821. The Bertz CT molecular complexity index is 603. The molecule has 2 fully saturated rings. The molecule has 2 heterocycles. The quantitative estimate of drug-likeness (QED) is 0.447. The number of allylic oxidation sites excluding steroid dienone is 3. The van der Waals surface area contributed by atoms with Crippen LogP contribution in [0.1, 0.15) is 72.6 Å². The van der Waals surface area contributed by atoms with Crippen LogP contribution in [-0.2, 0) is 4.79 Å². The standard InChI is InChI=1S/C25H43N3O.C3H9N/c1-4-5-6-10-20(2)25(26-21(3)29)19-28-15-9-13-24(28)18-27-16-14-22-11-7-8-12-23(22)17-27;1-3-4-2/h7-8,11-12,20,22-25H,4-6,9-10,13-19H2,1-3H3,(H,26,29);4H,3H2,1-2H3. The molecule has 0 radical (unpaired) electrons. The first-order valence-electron chi connectivity index (χ1n) is 13.7. The van der Waals surface area contributed by atoms with E-state index < -0.39 is 0 Å². The van der Waals surface area contributed by atoms with Crippen LogP contribution in [0.2, 0.25) is 0 Å².